The molecule has 7 rings (SSSR count). The van der Waals surface area contributed by atoms with E-state index >= 15 is 0 Å². The molecule has 5 atom stereocenters. The number of hydrogen-bond acceptors (Lipinski definition) is 10. The van der Waals surface area contributed by atoms with E-state index in [9.17, 15) is 22.8 Å². The van der Waals surface area contributed by atoms with Crippen molar-refractivity contribution in [2.75, 3.05) is 20.7 Å². The van der Waals surface area contributed by atoms with E-state index in [1.807, 2.05) is 24.3 Å². The Balaban J connectivity index is 1.21. The van der Waals surface area contributed by atoms with Crippen molar-refractivity contribution < 1.29 is 32.3 Å². The number of amides is 3. The van der Waals surface area contributed by atoms with Crippen molar-refractivity contribution in [3.8, 4) is 34.5 Å². The average Bonchev–Trinajstić information content (AvgIpc) is 4.01. The van der Waals surface area contributed by atoms with Crippen LogP contribution in [0.1, 0.15) is 70.4 Å². The topological polar surface area (TPSA) is 157 Å². The Hall–Kier alpha value is -4.00. The summed E-state index contributed by atoms with van der Waals surface area (Å²) in [5.74, 6) is 0.450. The van der Waals surface area contributed by atoms with E-state index in [1.165, 1.54) is 11.3 Å². The van der Waals surface area contributed by atoms with Crippen LogP contribution < -0.4 is 19.5 Å². The molecule has 2 aromatic heterocycles. The molecule has 53 heavy (non-hydrogen) atoms. The number of aromatic nitrogens is 2. The molecule has 0 radical (unpaired) electrons. The maximum atomic E-state index is 14.4. The van der Waals surface area contributed by atoms with E-state index in [0.717, 1.165) is 19.3 Å². The van der Waals surface area contributed by atoms with E-state index in [-0.39, 0.29) is 24.7 Å². The van der Waals surface area contributed by atoms with Crippen LogP contribution in [0.3, 0.4) is 0 Å². The fourth-order valence-corrected chi connectivity index (χ4v) is 10.0. The highest BCUT2D eigenvalue weighted by Crippen LogP contribution is 2.48. The van der Waals surface area contributed by atoms with Crippen molar-refractivity contribution >= 4 is 65.9 Å². The Labute approximate surface area is 321 Å². The minimum absolute atomic E-state index is 0.132. The number of sulfonamides is 1. The normalized spacial score (nSPS) is 27.6. The Morgan fingerprint density at radius 1 is 1.17 bits per heavy atom. The van der Waals surface area contributed by atoms with Crippen molar-refractivity contribution in [2.45, 2.75) is 81.1 Å². The van der Waals surface area contributed by atoms with Gasteiger partial charge in [-0.25, -0.2) is 18.4 Å². The molecule has 4 aliphatic rings. The first-order valence-electron chi connectivity index (χ1n) is 17.9. The summed E-state index contributed by atoms with van der Waals surface area (Å²) in [5.41, 5.74) is 0.192. The fraction of sp³-hybridized carbons (Fsp3) is 0.500. The van der Waals surface area contributed by atoms with Gasteiger partial charge in [0.2, 0.25) is 21.8 Å². The number of carbonyl (C=O) groups is 3. The zero-order valence-electron chi connectivity index (χ0n) is 29.8. The first-order valence-corrected chi connectivity index (χ1v) is 21.0. The number of carbonyl (C=O) groups excluding carboxylic acids is 3. The van der Waals surface area contributed by atoms with Crippen molar-refractivity contribution in [3.63, 3.8) is 0 Å². The lowest BCUT2D eigenvalue weighted by Crippen LogP contribution is -2.56. The van der Waals surface area contributed by atoms with Crippen LogP contribution in [0.25, 0.3) is 21.6 Å². The highest BCUT2D eigenvalue weighted by molar-refractivity contribution is 9.10. The van der Waals surface area contributed by atoms with Crippen LogP contribution in [0.4, 0.5) is 0 Å². The van der Waals surface area contributed by atoms with E-state index in [4.69, 9.17) is 20.9 Å². The van der Waals surface area contributed by atoms with Crippen LogP contribution >= 0.6 is 27.3 Å². The van der Waals surface area contributed by atoms with Gasteiger partial charge in [-0.2, -0.15) is 0 Å². The molecule has 3 heterocycles. The number of thiazole rings is 1. The van der Waals surface area contributed by atoms with Crippen LogP contribution in [0.5, 0.6) is 11.5 Å². The van der Waals surface area contributed by atoms with E-state index in [0.29, 0.717) is 75.5 Å². The first-order chi connectivity index (χ1) is 25.3. The number of pyridine rings is 1. The largest absolute Gasteiger partial charge is 0.495 e. The molecule has 1 aliphatic heterocycles. The summed E-state index contributed by atoms with van der Waals surface area (Å²) in [4.78, 5) is 53.3. The highest BCUT2D eigenvalue weighted by Gasteiger charge is 2.63. The van der Waals surface area contributed by atoms with Crippen molar-refractivity contribution in [2.24, 2.45) is 17.8 Å². The summed E-state index contributed by atoms with van der Waals surface area (Å²) < 4.78 is 40.5. The van der Waals surface area contributed by atoms with Gasteiger partial charge in [-0.3, -0.25) is 19.1 Å². The van der Waals surface area contributed by atoms with E-state index < -0.39 is 50.1 Å². The lowest BCUT2D eigenvalue weighted by atomic mass is 9.76. The molecule has 2 N–H and O–H groups in total. The molecular formula is C38H42BrN5O7S2. The van der Waals surface area contributed by atoms with Gasteiger partial charge in [0.15, 0.2) is 0 Å². The van der Waals surface area contributed by atoms with Gasteiger partial charge in [0, 0.05) is 42.3 Å². The van der Waals surface area contributed by atoms with Crippen molar-refractivity contribution in [3.05, 3.63) is 45.9 Å². The number of terminal acetylenes is 1. The lowest BCUT2D eigenvalue weighted by Gasteiger charge is -2.37. The fourth-order valence-electron chi connectivity index (χ4n) is 7.38. The molecule has 3 aliphatic carbocycles. The minimum Gasteiger partial charge on any atom is -0.495 e. The summed E-state index contributed by atoms with van der Waals surface area (Å²) in [6, 6.07) is 5.48. The maximum Gasteiger partial charge on any atom is 0.259 e. The molecule has 0 bridgehead atoms. The summed E-state index contributed by atoms with van der Waals surface area (Å²) >= 11 is 5.00. The predicted molar refractivity (Wildman–Crippen MR) is 205 cm³/mol. The Kier molecular flexibility index (Phi) is 10.1. The number of allylic oxidation sites excluding steroid dienone is 1. The highest BCUT2D eigenvalue weighted by atomic mass is 79.9. The SMILES string of the molecule is C#Cc1csc(-c2cc(O[C@H]3CC[C@H]4C(=O)N(C)CCCC/C=C\[C@H]5C[C@@]5(C(=O)NS(=O)(=O)C5(C)CC5)NC(=O)[C@@H]4C3)c3ccc(OC)c(Br)c3n2)n1. The third-order valence-corrected chi connectivity index (χ3v) is 14.9. The molecule has 3 amide bonds. The minimum atomic E-state index is -3.94. The Morgan fingerprint density at radius 3 is 2.68 bits per heavy atom. The van der Waals surface area contributed by atoms with Gasteiger partial charge in [0.1, 0.15) is 33.4 Å². The quantitative estimate of drug-likeness (QED) is 0.237. The standard InChI is InChI=1S/C38H42BrN5O7S2/c1-5-23-21-52-34(40-23)28-19-30(26-13-14-29(50-4)31(39)32(26)41-28)51-24-11-12-25-27(18-24)33(45)42-38(36(47)43-53(48,49)37(2)15-16-37)20-22(38)10-8-6-7-9-17-44(3)35(25)46/h1,8,10,13-14,19,21-22,24-25,27H,6-7,9,11-12,15-18,20H2,2-4H3,(H,42,45)(H,43,47)/b10-8-/t22-,24-,25+,27+,38+/m0/s1. The number of fused-ring (bicyclic) bond motifs is 3. The van der Waals surface area contributed by atoms with Gasteiger partial charge >= 0.3 is 0 Å². The van der Waals surface area contributed by atoms with Crippen LogP contribution in [0, 0.1) is 30.1 Å². The molecular weight excluding hydrogens is 782 g/mol. The van der Waals surface area contributed by atoms with Crippen molar-refractivity contribution in [1.29, 1.82) is 0 Å². The van der Waals surface area contributed by atoms with Gasteiger partial charge in [-0.05, 0) is 98.7 Å². The number of benzene rings is 1. The molecule has 0 spiro atoms. The summed E-state index contributed by atoms with van der Waals surface area (Å²) in [7, 11) is -0.610. The van der Waals surface area contributed by atoms with Gasteiger partial charge < -0.3 is 19.7 Å². The number of hydrogen-bond donors (Lipinski definition) is 2. The third-order valence-electron chi connectivity index (χ3n) is 11.1. The van der Waals surface area contributed by atoms with E-state index in [2.05, 4.69) is 36.9 Å². The maximum absolute atomic E-state index is 14.4. The zero-order chi connectivity index (χ0) is 37.7. The molecule has 0 saturated heterocycles. The zero-order valence-corrected chi connectivity index (χ0v) is 33.0. The molecule has 1 aromatic carbocycles. The average molecular weight is 825 g/mol. The Morgan fingerprint density at radius 2 is 1.96 bits per heavy atom. The van der Waals surface area contributed by atoms with Crippen LogP contribution in [0.2, 0.25) is 0 Å². The Bertz CT molecular complexity index is 2160. The molecule has 3 aromatic rings. The van der Waals surface area contributed by atoms with Gasteiger partial charge in [-0.15, -0.1) is 17.8 Å². The number of halogens is 1. The molecule has 12 nitrogen and oxygen atoms in total. The monoisotopic (exact) mass is 823 g/mol. The summed E-state index contributed by atoms with van der Waals surface area (Å²) in [5, 5.41) is 6.07. The molecule has 15 heteroatoms. The molecule has 3 fully saturated rings. The smallest absolute Gasteiger partial charge is 0.259 e. The summed E-state index contributed by atoms with van der Waals surface area (Å²) in [6.45, 7) is 2.17. The van der Waals surface area contributed by atoms with Gasteiger partial charge in [0.25, 0.3) is 5.91 Å². The van der Waals surface area contributed by atoms with Gasteiger partial charge in [0.05, 0.1) is 33.9 Å². The summed E-state index contributed by atoms with van der Waals surface area (Å²) in [6.07, 6.45) is 13.6. The first kappa shape index (κ1) is 37.3. The number of ether oxygens (including phenoxy) is 2. The molecule has 3 saturated carbocycles. The lowest BCUT2D eigenvalue weighted by molar-refractivity contribution is -0.145. The van der Waals surface area contributed by atoms with Crippen LogP contribution in [-0.4, -0.2) is 78.1 Å². The van der Waals surface area contributed by atoms with Crippen LogP contribution in [0.15, 0.2) is 40.2 Å². The molecule has 280 valence electrons. The van der Waals surface area contributed by atoms with Crippen LogP contribution in [-0.2, 0) is 24.4 Å². The number of rotatable bonds is 7. The second kappa shape index (κ2) is 14.3. The number of methoxy groups -OCH3 is 1. The number of nitrogens with zero attached hydrogens (tertiary/aromatic N) is 3. The van der Waals surface area contributed by atoms with Gasteiger partial charge in [-0.1, -0.05) is 12.2 Å². The number of nitrogens with one attached hydrogen (secondary N) is 2. The van der Waals surface area contributed by atoms with Crippen molar-refractivity contribution in [1.82, 2.24) is 24.9 Å². The predicted octanol–water partition coefficient (Wildman–Crippen LogP) is 5.35. The third kappa shape index (κ3) is 7.17. The second-order valence-electron chi connectivity index (χ2n) is 14.8. The second-order valence-corrected chi connectivity index (χ2v) is 18.6. The van der Waals surface area contributed by atoms with E-state index in [1.54, 1.807) is 37.4 Å². The molecule has 0 unspecified atom stereocenters.